The number of aromatic nitrogens is 1. The van der Waals surface area contributed by atoms with Gasteiger partial charge in [0.05, 0.1) is 12.2 Å². The number of rotatable bonds is 2. The van der Waals surface area contributed by atoms with Crippen LogP contribution in [0.2, 0.25) is 0 Å². The molecule has 88 valence electrons. The molecular weight excluding hydrogens is 280 g/mol. The predicted molar refractivity (Wildman–Crippen MR) is 69.6 cm³/mol. The zero-order valence-electron chi connectivity index (χ0n) is 9.32. The van der Waals surface area contributed by atoms with E-state index in [1.165, 1.54) is 6.42 Å². The number of nitrogens with zero attached hydrogens (tertiary/aromatic N) is 1. The van der Waals surface area contributed by atoms with Crippen LogP contribution in [0.25, 0.3) is 11.1 Å². The van der Waals surface area contributed by atoms with Gasteiger partial charge in [0.25, 0.3) is 0 Å². The maximum absolute atomic E-state index is 5.42. The molecule has 1 atom stereocenters. The van der Waals surface area contributed by atoms with Gasteiger partial charge in [0.1, 0.15) is 0 Å². The summed E-state index contributed by atoms with van der Waals surface area (Å²) in [7, 11) is 0. The first-order valence-electron chi connectivity index (χ1n) is 5.79. The second-order valence-electron chi connectivity index (χ2n) is 4.23. The van der Waals surface area contributed by atoms with Crippen molar-refractivity contribution in [1.29, 1.82) is 0 Å². The van der Waals surface area contributed by atoms with Crippen LogP contribution < -0.4 is 5.32 Å². The van der Waals surface area contributed by atoms with Crippen molar-refractivity contribution in [3.63, 3.8) is 0 Å². The van der Waals surface area contributed by atoms with Crippen LogP contribution in [0, 0.1) is 0 Å². The van der Waals surface area contributed by atoms with Crippen LogP contribution in [0.3, 0.4) is 0 Å². The summed E-state index contributed by atoms with van der Waals surface area (Å²) in [4.78, 5) is 0. The summed E-state index contributed by atoms with van der Waals surface area (Å²) >= 11 is 3.57. The molecule has 0 bridgehead atoms. The highest BCUT2D eigenvalue weighted by Crippen LogP contribution is 2.35. The van der Waals surface area contributed by atoms with Gasteiger partial charge in [-0.05, 0) is 25.5 Å². The second-order valence-corrected chi connectivity index (χ2v) is 5.09. The van der Waals surface area contributed by atoms with Crippen molar-refractivity contribution in [3.05, 3.63) is 40.7 Å². The molecule has 1 aliphatic rings. The summed E-state index contributed by atoms with van der Waals surface area (Å²) in [6, 6.07) is 8.45. The van der Waals surface area contributed by atoms with Gasteiger partial charge in [-0.15, -0.1) is 0 Å². The smallest absolute Gasteiger partial charge is 0.161 e. The fourth-order valence-electron chi connectivity index (χ4n) is 2.29. The Morgan fingerprint density at radius 1 is 1.29 bits per heavy atom. The maximum atomic E-state index is 5.42. The Kier molecular flexibility index (Phi) is 2.99. The fourth-order valence-corrected chi connectivity index (χ4v) is 2.79. The van der Waals surface area contributed by atoms with Crippen LogP contribution in [-0.2, 0) is 0 Å². The molecule has 1 aromatic carbocycles. The monoisotopic (exact) mass is 292 g/mol. The normalized spacial score (nSPS) is 19.7. The van der Waals surface area contributed by atoms with E-state index in [-0.39, 0.29) is 0 Å². The lowest BCUT2D eigenvalue weighted by molar-refractivity contribution is 0.352. The van der Waals surface area contributed by atoms with Crippen molar-refractivity contribution in [2.45, 2.75) is 18.9 Å². The molecule has 3 rings (SSSR count). The fraction of sp³-hybridized carbons (Fsp3) is 0.308. The van der Waals surface area contributed by atoms with Gasteiger partial charge in [-0.1, -0.05) is 39.3 Å². The van der Waals surface area contributed by atoms with Crippen molar-refractivity contribution in [2.75, 3.05) is 6.54 Å². The SMILES string of the molecule is Brc1ccccc1-c1cnoc1C1CCCN1. The molecule has 4 heteroatoms. The Morgan fingerprint density at radius 3 is 2.94 bits per heavy atom. The number of hydrogen-bond acceptors (Lipinski definition) is 3. The van der Waals surface area contributed by atoms with E-state index in [2.05, 4.69) is 32.5 Å². The van der Waals surface area contributed by atoms with Crippen molar-refractivity contribution >= 4 is 15.9 Å². The molecule has 3 nitrogen and oxygen atoms in total. The molecular formula is C13H13BrN2O. The van der Waals surface area contributed by atoms with Gasteiger partial charge in [0.15, 0.2) is 5.76 Å². The summed E-state index contributed by atoms with van der Waals surface area (Å²) < 4.78 is 6.50. The van der Waals surface area contributed by atoms with E-state index in [9.17, 15) is 0 Å². The molecule has 0 saturated carbocycles. The second kappa shape index (κ2) is 4.63. The lowest BCUT2D eigenvalue weighted by Crippen LogP contribution is -2.12. The highest BCUT2D eigenvalue weighted by atomic mass is 79.9. The van der Waals surface area contributed by atoms with Crippen LogP contribution in [0.1, 0.15) is 24.6 Å². The van der Waals surface area contributed by atoms with E-state index in [0.29, 0.717) is 6.04 Å². The van der Waals surface area contributed by atoms with Gasteiger partial charge in [0, 0.05) is 15.6 Å². The summed E-state index contributed by atoms with van der Waals surface area (Å²) in [5, 5.41) is 7.39. The first-order chi connectivity index (χ1) is 8.36. The molecule has 0 spiro atoms. The van der Waals surface area contributed by atoms with Gasteiger partial charge in [-0.3, -0.25) is 0 Å². The van der Waals surface area contributed by atoms with Gasteiger partial charge in [-0.25, -0.2) is 0 Å². The third-order valence-corrected chi connectivity index (χ3v) is 3.83. The van der Waals surface area contributed by atoms with Crippen molar-refractivity contribution in [1.82, 2.24) is 10.5 Å². The molecule has 2 aromatic rings. The molecule has 2 heterocycles. The zero-order chi connectivity index (χ0) is 11.7. The molecule has 1 unspecified atom stereocenters. The van der Waals surface area contributed by atoms with Crippen LogP contribution in [0.4, 0.5) is 0 Å². The van der Waals surface area contributed by atoms with Gasteiger partial charge in [0.2, 0.25) is 0 Å². The van der Waals surface area contributed by atoms with E-state index in [4.69, 9.17) is 4.52 Å². The average Bonchev–Trinajstić information content (AvgIpc) is 3.00. The molecule has 1 saturated heterocycles. The Bertz CT molecular complexity index is 518. The lowest BCUT2D eigenvalue weighted by Gasteiger charge is -2.09. The third kappa shape index (κ3) is 2.03. The Hall–Kier alpha value is -1.13. The van der Waals surface area contributed by atoms with Crippen molar-refractivity contribution < 1.29 is 4.52 Å². The van der Waals surface area contributed by atoms with E-state index in [1.54, 1.807) is 6.20 Å². The van der Waals surface area contributed by atoms with Gasteiger partial charge < -0.3 is 9.84 Å². The molecule has 0 radical (unpaired) electrons. The minimum atomic E-state index is 0.305. The molecule has 1 aliphatic heterocycles. The largest absolute Gasteiger partial charge is 0.359 e. The topological polar surface area (TPSA) is 38.1 Å². The maximum Gasteiger partial charge on any atom is 0.161 e. The minimum Gasteiger partial charge on any atom is -0.359 e. The van der Waals surface area contributed by atoms with Crippen molar-refractivity contribution in [2.24, 2.45) is 0 Å². The quantitative estimate of drug-likeness (QED) is 0.920. The summed E-state index contributed by atoms with van der Waals surface area (Å²) in [5.74, 6) is 0.953. The van der Waals surface area contributed by atoms with Crippen molar-refractivity contribution in [3.8, 4) is 11.1 Å². The molecule has 17 heavy (non-hydrogen) atoms. The Balaban J connectivity index is 2.04. The third-order valence-electron chi connectivity index (χ3n) is 3.14. The van der Waals surface area contributed by atoms with E-state index in [1.807, 2.05) is 18.2 Å². The average molecular weight is 293 g/mol. The van der Waals surface area contributed by atoms with E-state index in [0.717, 1.165) is 34.3 Å². The number of hydrogen-bond donors (Lipinski definition) is 1. The molecule has 0 amide bonds. The summed E-state index contributed by atoms with van der Waals surface area (Å²) in [5.41, 5.74) is 2.22. The Morgan fingerprint density at radius 2 is 2.18 bits per heavy atom. The number of nitrogens with one attached hydrogen (secondary N) is 1. The molecule has 1 aromatic heterocycles. The lowest BCUT2D eigenvalue weighted by atomic mass is 10.0. The van der Waals surface area contributed by atoms with E-state index >= 15 is 0 Å². The van der Waals surface area contributed by atoms with Gasteiger partial charge in [-0.2, -0.15) is 0 Å². The minimum absolute atomic E-state index is 0.305. The van der Waals surface area contributed by atoms with Crippen LogP contribution in [0.15, 0.2) is 39.5 Å². The summed E-state index contributed by atoms with van der Waals surface area (Å²) in [6.07, 6.45) is 4.11. The standard InChI is InChI=1S/C13H13BrN2O/c14-11-5-2-1-4-9(11)10-8-16-17-13(10)12-6-3-7-15-12/h1-2,4-5,8,12,15H,3,6-7H2. The summed E-state index contributed by atoms with van der Waals surface area (Å²) in [6.45, 7) is 1.06. The van der Waals surface area contributed by atoms with Crippen LogP contribution >= 0.6 is 15.9 Å². The first kappa shape index (κ1) is 11.0. The molecule has 0 aliphatic carbocycles. The predicted octanol–water partition coefficient (Wildman–Crippen LogP) is 3.53. The highest BCUT2D eigenvalue weighted by molar-refractivity contribution is 9.10. The van der Waals surface area contributed by atoms with Gasteiger partial charge >= 0.3 is 0 Å². The van der Waals surface area contributed by atoms with E-state index < -0.39 is 0 Å². The molecule has 1 fully saturated rings. The number of benzene rings is 1. The highest BCUT2D eigenvalue weighted by Gasteiger charge is 2.24. The molecule has 1 N–H and O–H groups in total. The Labute approximate surface area is 108 Å². The van der Waals surface area contributed by atoms with Crippen LogP contribution in [-0.4, -0.2) is 11.7 Å². The zero-order valence-corrected chi connectivity index (χ0v) is 10.9. The number of halogens is 1. The first-order valence-corrected chi connectivity index (χ1v) is 6.58. The van der Waals surface area contributed by atoms with Crippen LogP contribution in [0.5, 0.6) is 0 Å².